The minimum absolute atomic E-state index is 0.152. The molecule has 2 aromatic rings. The third-order valence-corrected chi connectivity index (χ3v) is 7.05. The summed E-state index contributed by atoms with van der Waals surface area (Å²) in [5.41, 5.74) is 10.1. The average Bonchev–Trinajstić information content (AvgIpc) is 3.10. The van der Waals surface area contributed by atoms with Gasteiger partial charge in [0.1, 0.15) is 11.5 Å². The predicted octanol–water partition coefficient (Wildman–Crippen LogP) is 4.77. The number of halogens is 1. The van der Waals surface area contributed by atoms with Crippen LogP contribution in [0.25, 0.3) is 0 Å². The van der Waals surface area contributed by atoms with Crippen LogP contribution in [0, 0.1) is 13.8 Å². The van der Waals surface area contributed by atoms with E-state index in [2.05, 4.69) is 32.6 Å². The molecule has 0 unspecified atom stereocenters. The molecule has 1 fully saturated rings. The van der Waals surface area contributed by atoms with Crippen LogP contribution >= 0.6 is 23.8 Å². The zero-order valence-electron chi connectivity index (χ0n) is 18.6. The fraction of sp³-hybridized carbons (Fsp3) is 0.478. The number of rotatable bonds is 9. The van der Waals surface area contributed by atoms with Crippen molar-refractivity contribution in [3.05, 3.63) is 57.1 Å². The van der Waals surface area contributed by atoms with Gasteiger partial charge in [0.05, 0.1) is 24.8 Å². The van der Waals surface area contributed by atoms with Gasteiger partial charge in [-0.1, -0.05) is 18.2 Å². The Balaban J connectivity index is 1.57. The van der Waals surface area contributed by atoms with Crippen LogP contribution in [0.3, 0.4) is 0 Å². The maximum absolute atomic E-state index is 11.0. The molecule has 0 spiro atoms. The number of benzene rings is 2. The van der Waals surface area contributed by atoms with Crippen LogP contribution in [0.15, 0.2) is 34.8 Å². The lowest BCUT2D eigenvalue weighted by atomic mass is 9.94. The molecule has 0 heterocycles. The van der Waals surface area contributed by atoms with Gasteiger partial charge in [0, 0.05) is 12.0 Å². The van der Waals surface area contributed by atoms with Crippen molar-refractivity contribution in [2.24, 2.45) is 5.73 Å². The van der Waals surface area contributed by atoms with Crippen LogP contribution in [0.5, 0.6) is 11.5 Å². The van der Waals surface area contributed by atoms with E-state index in [0.717, 1.165) is 45.5 Å². The first kappa shape index (κ1) is 25.2. The standard InChI is InChI=1S/C23H31BrNO6P/c1-15-10-17(11-16(2)22(15)29-3)7-9-30-21-5-4-18(12-20(21)24)19-6-8-23(25,13-19)14-31-32(26,27)28/h4-5,10-12,19H,6-9,13-14,25H2,1-3H3,(H2,26,27,28)/t19-,23-/m1/s1. The van der Waals surface area contributed by atoms with Crippen molar-refractivity contribution in [2.75, 3.05) is 20.3 Å². The molecule has 0 saturated heterocycles. The van der Waals surface area contributed by atoms with Crippen LogP contribution in [-0.4, -0.2) is 35.6 Å². The summed E-state index contributed by atoms with van der Waals surface area (Å²) < 4.78 is 28.0. The second-order valence-corrected chi connectivity index (χ2v) is 10.7. The van der Waals surface area contributed by atoms with Crippen molar-refractivity contribution in [3.8, 4) is 11.5 Å². The van der Waals surface area contributed by atoms with E-state index >= 15 is 0 Å². The van der Waals surface area contributed by atoms with E-state index in [-0.39, 0.29) is 12.5 Å². The van der Waals surface area contributed by atoms with Crippen molar-refractivity contribution < 1.29 is 28.3 Å². The highest BCUT2D eigenvalue weighted by Crippen LogP contribution is 2.44. The molecule has 3 rings (SSSR count). The zero-order chi connectivity index (χ0) is 23.5. The molecule has 0 radical (unpaired) electrons. The number of hydrogen-bond donors (Lipinski definition) is 3. The lowest BCUT2D eigenvalue weighted by Crippen LogP contribution is -2.41. The zero-order valence-corrected chi connectivity index (χ0v) is 21.1. The summed E-state index contributed by atoms with van der Waals surface area (Å²) in [6, 6.07) is 10.3. The van der Waals surface area contributed by atoms with Gasteiger partial charge in [0.2, 0.25) is 0 Å². The van der Waals surface area contributed by atoms with Gasteiger partial charge >= 0.3 is 7.82 Å². The van der Waals surface area contributed by atoms with Gasteiger partial charge < -0.3 is 25.0 Å². The number of phosphoric ester groups is 1. The molecule has 0 aliphatic heterocycles. The highest BCUT2D eigenvalue weighted by molar-refractivity contribution is 9.10. The monoisotopic (exact) mass is 527 g/mol. The molecule has 2 atom stereocenters. The first-order chi connectivity index (χ1) is 15.0. The van der Waals surface area contributed by atoms with E-state index in [1.54, 1.807) is 7.11 Å². The molecule has 0 amide bonds. The normalized spacial score (nSPS) is 21.0. The van der Waals surface area contributed by atoms with E-state index in [0.29, 0.717) is 19.4 Å². The molecule has 1 aliphatic carbocycles. The molecule has 0 aromatic heterocycles. The Labute approximate surface area is 197 Å². The second kappa shape index (κ2) is 10.2. The smallest absolute Gasteiger partial charge is 0.469 e. The molecule has 1 saturated carbocycles. The molecule has 2 aromatic carbocycles. The van der Waals surface area contributed by atoms with Crippen molar-refractivity contribution in [3.63, 3.8) is 0 Å². The van der Waals surface area contributed by atoms with Crippen LogP contribution in [-0.2, 0) is 15.5 Å². The molecule has 32 heavy (non-hydrogen) atoms. The maximum Gasteiger partial charge on any atom is 0.469 e. The summed E-state index contributed by atoms with van der Waals surface area (Å²) in [6.07, 6.45) is 2.88. The van der Waals surface area contributed by atoms with Crippen LogP contribution < -0.4 is 15.2 Å². The number of methoxy groups -OCH3 is 1. The number of ether oxygens (including phenoxy) is 2. The average molecular weight is 528 g/mol. The Morgan fingerprint density at radius 1 is 1.22 bits per heavy atom. The Kier molecular flexibility index (Phi) is 8.07. The number of phosphoric acid groups is 1. The van der Waals surface area contributed by atoms with Gasteiger partial charge in [-0.25, -0.2) is 4.57 Å². The summed E-state index contributed by atoms with van der Waals surface area (Å²) in [5, 5.41) is 0. The van der Waals surface area contributed by atoms with Gasteiger partial charge in [-0.15, -0.1) is 0 Å². The molecular formula is C23H31BrNO6P. The molecule has 4 N–H and O–H groups in total. The molecule has 9 heteroatoms. The van der Waals surface area contributed by atoms with E-state index in [4.69, 9.17) is 25.0 Å². The maximum atomic E-state index is 11.0. The van der Waals surface area contributed by atoms with Crippen LogP contribution in [0.1, 0.15) is 47.4 Å². The fourth-order valence-corrected chi connectivity index (χ4v) is 5.39. The predicted molar refractivity (Wildman–Crippen MR) is 127 cm³/mol. The third-order valence-electron chi connectivity index (χ3n) is 5.96. The largest absolute Gasteiger partial charge is 0.496 e. The highest BCUT2D eigenvalue weighted by atomic mass is 79.9. The minimum Gasteiger partial charge on any atom is -0.496 e. The Morgan fingerprint density at radius 3 is 2.50 bits per heavy atom. The third kappa shape index (κ3) is 6.56. The fourth-order valence-electron chi connectivity index (χ4n) is 4.46. The topological polar surface area (TPSA) is 111 Å². The van der Waals surface area contributed by atoms with Gasteiger partial charge in [-0.05, 0) is 89.3 Å². The second-order valence-electron chi connectivity index (χ2n) is 8.62. The van der Waals surface area contributed by atoms with Crippen LogP contribution in [0.4, 0.5) is 0 Å². The van der Waals surface area contributed by atoms with E-state index in [9.17, 15) is 4.57 Å². The van der Waals surface area contributed by atoms with Crippen LogP contribution in [0.2, 0.25) is 0 Å². The summed E-state index contributed by atoms with van der Waals surface area (Å²) in [6.45, 7) is 4.49. The van der Waals surface area contributed by atoms with Gasteiger partial charge in [-0.3, -0.25) is 4.52 Å². The first-order valence-corrected chi connectivity index (χ1v) is 12.9. The highest BCUT2D eigenvalue weighted by Gasteiger charge is 2.38. The first-order valence-electron chi connectivity index (χ1n) is 10.5. The van der Waals surface area contributed by atoms with E-state index in [1.807, 2.05) is 32.0 Å². The van der Waals surface area contributed by atoms with E-state index in [1.165, 1.54) is 5.56 Å². The van der Waals surface area contributed by atoms with E-state index < -0.39 is 13.4 Å². The SMILES string of the molecule is COc1c(C)cc(CCOc2ccc([C@@H]3CC[C@](N)(COP(=O)(O)O)C3)cc2Br)cc1C. The number of aryl methyl sites for hydroxylation is 2. The van der Waals surface area contributed by atoms with Crippen molar-refractivity contribution in [1.82, 2.24) is 0 Å². The minimum atomic E-state index is -4.52. The Hall–Kier alpha value is -1.41. The quantitative estimate of drug-likeness (QED) is 0.402. The Morgan fingerprint density at radius 2 is 1.91 bits per heavy atom. The lowest BCUT2D eigenvalue weighted by Gasteiger charge is -2.24. The summed E-state index contributed by atoms with van der Waals surface area (Å²) in [4.78, 5) is 17.9. The lowest BCUT2D eigenvalue weighted by molar-refractivity contribution is 0.153. The van der Waals surface area contributed by atoms with Crippen molar-refractivity contribution in [1.29, 1.82) is 0 Å². The molecule has 0 bridgehead atoms. The summed E-state index contributed by atoms with van der Waals surface area (Å²) in [5.74, 6) is 1.91. The summed E-state index contributed by atoms with van der Waals surface area (Å²) in [7, 11) is -2.83. The molecular weight excluding hydrogens is 497 g/mol. The molecule has 7 nitrogen and oxygen atoms in total. The molecule has 1 aliphatic rings. The Bertz CT molecular complexity index is 987. The molecule has 176 valence electrons. The van der Waals surface area contributed by atoms with Gasteiger partial charge in [0.15, 0.2) is 0 Å². The van der Waals surface area contributed by atoms with Gasteiger partial charge in [0.25, 0.3) is 0 Å². The number of hydrogen-bond acceptors (Lipinski definition) is 5. The number of nitrogens with two attached hydrogens (primary N) is 1. The van der Waals surface area contributed by atoms with Crippen molar-refractivity contribution >= 4 is 23.8 Å². The van der Waals surface area contributed by atoms with Crippen molar-refractivity contribution in [2.45, 2.75) is 51.0 Å². The summed E-state index contributed by atoms with van der Waals surface area (Å²) >= 11 is 3.61. The van der Waals surface area contributed by atoms with Gasteiger partial charge in [-0.2, -0.15) is 0 Å².